The molecule has 0 amide bonds. The maximum atomic E-state index is 5.45. The van der Waals surface area contributed by atoms with Gasteiger partial charge in [-0.05, 0) is 26.8 Å². The van der Waals surface area contributed by atoms with Crippen LogP contribution in [0.1, 0.15) is 25.0 Å². The highest BCUT2D eigenvalue weighted by Crippen LogP contribution is 2.22. The molecule has 0 aromatic heterocycles. The van der Waals surface area contributed by atoms with Crippen LogP contribution in [0.5, 0.6) is 5.75 Å². The average molecular weight is 248 g/mol. The van der Waals surface area contributed by atoms with Crippen molar-refractivity contribution in [2.24, 2.45) is 0 Å². The molecule has 100 valence electrons. The number of rotatable bonds is 3. The zero-order valence-corrected chi connectivity index (χ0v) is 11.9. The largest absolute Gasteiger partial charge is 0.496 e. The van der Waals surface area contributed by atoms with Crippen molar-refractivity contribution in [1.29, 1.82) is 0 Å². The first-order chi connectivity index (χ1) is 8.50. The minimum atomic E-state index is 0.204. The Kier molecular flexibility index (Phi) is 3.93. The molecule has 0 atom stereocenters. The van der Waals surface area contributed by atoms with Crippen LogP contribution >= 0.6 is 0 Å². The number of piperazine rings is 1. The number of methoxy groups -OCH3 is 1. The molecule has 1 N–H and O–H groups in total. The van der Waals surface area contributed by atoms with Crippen LogP contribution in [-0.2, 0) is 6.54 Å². The average Bonchev–Trinajstić information content (AvgIpc) is 2.28. The Balaban J connectivity index is 2.11. The summed E-state index contributed by atoms with van der Waals surface area (Å²) in [6.45, 7) is 10.8. The number of ether oxygens (including phenoxy) is 1. The summed E-state index contributed by atoms with van der Waals surface area (Å²) in [6, 6.07) is 6.40. The normalized spacial score (nSPS) is 19.8. The van der Waals surface area contributed by atoms with Gasteiger partial charge in [0.05, 0.1) is 7.11 Å². The molecule has 0 spiro atoms. The maximum absolute atomic E-state index is 5.45. The molecule has 0 aliphatic carbocycles. The van der Waals surface area contributed by atoms with Crippen LogP contribution in [0.4, 0.5) is 0 Å². The molecule has 3 heteroatoms. The van der Waals surface area contributed by atoms with Crippen molar-refractivity contribution in [2.75, 3.05) is 26.7 Å². The molecule has 3 nitrogen and oxygen atoms in total. The molecule has 1 saturated heterocycles. The van der Waals surface area contributed by atoms with E-state index in [1.54, 1.807) is 7.11 Å². The molecule has 0 radical (unpaired) electrons. The predicted molar refractivity (Wildman–Crippen MR) is 75.1 cm³/mol. The van der Waals surface area contributed by atoms with E-state index in [1.807, 2.05) is 0 Å². The molecular formula is C15H24N2O. The van der Waals surface area contributed by atoms with Crippen LogP contribution in [0, 0.1) is 6.92 Å². The Morgan fingerprint density at radius 3 is 2.83 bits per heavy atom. The van der Waals surface area contributed by atoms with Crippen molar-refractivity contribution >= 4 is 0 Å². The summed E-state index contributed by atoms with van der Waals surface area (Å²) >= 11 is 0. The molecule has 1 heterocycles. The van der Waals surface area contributed by atoms with Gasteiger partial charge in [0.2, 0.25) is 0 Å². The fraction of sp³-hybridized carbons (Fsp3) is 0.600. The van der Waals surface area contributed by atoms with Gasteiger partial charge in [-0.15, -0.1) is 0 Å². The Hall–Kier alpha value is -1.06. The van der Waals surface area contributed by atoms with E-state index in [0.717, 1.165) is 31.9 Å². The molecule has 1 aliphatic rings. The van der Waals surface area contributed by atoms with Crippen molar-refractivity contribution in [3.8, 4) is 5.75 Å². The summed E-state index contributed by atoms with van der Waals surface area (Å²) in [6.07, 6.45) is 0. The highest BCUT2D eigenvalue weighted by molar-refractivity contribution is 5.36. The van der Waals surface area contributed by atoms with Crippen molar-refractivity contribution in [1.82, 2.24) is 10.2 Å². The first kappa shape index (κ1) is 13.4. The van der Waals surface area contributed by atoms with Gasteiger partial charge in [-0.25, -0.2) is 0 Å². The summed E-state index contributed by atoms with van der Waals surface area (Å²) in [7, 11) is 1.75. The number of hydrogen-bond acceptors (Lipinski definition) is 3. The first-order valence-corrected chi connectivity index (χ1v) is 6.61. The van der Waals surface area contributed by atoms with Gasteiger partial charge in [0.15, 0.2) is 0 Å². The number of hydrogen-bond donors (Lipinski definition) is 1. The van der Waals surface area contributed by atoms with E-state index in [1.165, 1.54) is 11.1 Å². The van der Waals surface area contributed by atoms with E-state index in [4.69, 9.17) is 4.74 Å². The van der Waals surface area contributed by atoms with E-state index in [2.05, 4.69) is 49.2 Å². The molecule has 0 saturated carbocycles. The fourth-order valence-electron chi connectivity index (χ4n) is 2.65. The summed E-state index contributed by atoms with van der Waals surface area (Å²) in [5, 5.41) is 3.54. The predicted octanol–water partition coefficient (Wildman–Crippen LogP) is 2.19. The van der Waals surface area contributed by atoms with Crippen LogP contribution < -0.4 is 10.1 Å². The van der Waals surface area contributed by atoms with Crippen LogP contribution in [-0.4, -0.2) is 37.2 Å². The standard InChI is InChI=1S/C15H24N2O/c1-12-5-6-14(18-4)13(9-12)10-17-8-7-16-15(2,3)11-17/h5-6,9,16H,7-8,10-11H2,1-4H3. The van der Waals surface area contributed by atoms with E-state index < -0.39 is 0 Å². The van der Waals surface area contributed by atoms with Gasteiger partial charge in [-0.3, -0.25) is 4.90 Å². The lowest BCUT2D eigenvalue weighted by atomic mass is 10.0. The quantitative estimate of drug-likeness (QED) is 0.887. The summed E-state index contributed by atoms with van der Waals surface area (Å²) in [4.78, 5) is 2.49. The Labute approximate surface area is 110 Å². The van der Waals surface area contributed by atoms with Crippen LogP contribution in [0.15, 0.2) is 18.2 Å². The highest BCUT2D eigenvalue weighted by Gasteiger charge is 2.25. The molecule has 2 rings (SSSR count). The van der Waals surface area contributed by atoms with Crippen molar-refractivity contribution < 1.29 is 4.74 Å². The van der Waals surface area contributed by atoms with Crippen LogP contribution in [0.25, 0.3) is 0 Å². The summed E-state index contributed by atoms with van der Waals surface area (Å²) < 4.78 is 5.45. The fourth-order valence-corrected chi connectivity index (χ4v) is 2.65. The molecule has 1 aromatic rings. The van der Waals surface area contributed by atoms with Crippen molar-refractivity contribution in [2.45, 2.75) is 32.9 Å². The maximum Gasteiger partial charge on any atom is 0.123 e. The third-order valence-corrected chi connectivity index (χ3v) is 3.48. The summed E-state index contributed by atoms with van der Waals surface area (Å²) in [5.74, 6) is 0.997. The molecule has 1 aromatic carbocycles. The number of nitrogens with one attached hydrogen (secondary N) is 1. The molecular weight excluding hydrogens is 224 g/mol. The lowest BCUT2D eigenvalue weighted by Crippen LogP contribution is -2.56. The van der Waals surface area contributed by atoms with Gasteiger partial charge in [0, 0.05) is 37.3 Å². The lowest BCUT2D eigenvalue weighted by molar-refractivity contribution is 0.147. The summed E-state index contributed by atoms with van der Waals surface area (Å²) in [5.41, 5.74) is 2.78. The molecule has 18 heavy (non-hydrogen) atoms. The van der Waals surface area contributed by atoms with Gasteiger partial charge in [0.25, 0.3) is 0 Å². The number of nitrogens with zero attached hydrogens (tertiary/aromatic N) is 1. The monoisotopic (exact) mass is 248 g/mol. The van der Waals surface area contributed by atoms with Crippen molar-refractivity contribution in [3.63, 3.8) is 0 Å². The zero-order valence-electron chi connectivity index (χ0n) is 11.9. The minimum Gasteiger partial charge on any atom is -0.496 e. The van der Waals surface area contributed by atoms with Gasteiger partial charge in [0.1, 0.15) is 5.75 Å². The molecule has 1 aliphatic heterocycles. The smallest absolute Gasteiger partial charge is 0.123 e. The minimum absolute atomic E-state index is 0.204. The third-order valence-electron chi connectivity index (χ3n) is 3.48. The van der Waals surface area contributed by atoms with Gasteiger partial charge in [-0.1, -0.05) is 17.7 Å². The molecule has 0 unspecified atom stereocenters. The Morgan fingerprint density at radius 2 is 2.17 bits per heavy atom. The Bertz CT molecular complexity index is 415. The van der Waals surface area contributed by atoms with E-state index >= 15 is 0 Å². The van der Waals surface area contributed by atoms with E-state index in [0.29, 0.717) is 0 Å². The molecule has 1 fully saturated rings. The van der Waals surface area contributed by atoms with Gasteiger partial charge >= 0.3 is 0 Å². The van der Waals surface area contributed by atoms with Crippen LogP contribution in [0.2, 0.25) is 0 Å². The SMILES string of the molecule is COc1ccc(C)cc1CN1CCNC(C)(C)C1. The second-order valence-corrected chi connectivity index (χ2v) is 5.84. The van der Waals surface area contributed by atoms with Gasteiger partial charge in [-0.2, -0.15) is 0 Å². The zero-order chi connectivity index (χ0) is 13.2. The number of aryl methyl sites for hydroxylation is 1. The van der Waals surface area contributed by atoms with E-state index in [9.17, 15) is 0 Å². The highest BCUT2D eigenvalue weighted by atomic mass is 16.5. The first-order valence-electron chi connectivity index (χ1n) is 6.61. The topological polar surface area (TPSA) is 24.5 Å². The molecule has 0 bridgehead atoms. The van der Waals surface area contributed by atoms with Gasteiger partial charge < -0.3 is 10.1 Å². The lowest BCUT2D eigenvalue weighted by Gasteiger charge is -2.39. The van der Waals surface area contributed by atoms with Crippen molar-refractivity contribution in [3.05, 3.63) is 29.3 Å². The van der Waals surface area contributed by atoms with Crippen LogP contribution in [0.3, 0.4) is 0 Å². The second-order valence-electron chi connectivity index (χ2n) is 5.84. The van der Waals surface area contributed by atoms with E-state index in [-0.39, 0.29) is 5.54 Å². The second kappa shape index (κ2) is 5.29. The third kappa shape index (κ3) is 3.24. The number of benzene rings is 1. The Morgan fingerprint density at radius 1 is 1.39 bits per heavy atom.